The average molecular weight is 317 g/mol. The van der Waals surface area contributed by atoms with E-state index in [9.17, 15) is 8.42 Å². The largest absolute Gasteiger partial charge is 0.457 e. The van der Waals surface area contributed by atoms with Gasteiger partial charge in [0, 0.05) is 15.7 Å². The maximum atomic E-state index is 11.3. The summed E-state index contributed by atoms with van der Waals surface area (Å²) in [6, 6.07) is 11.5. The van der Waals surface area contributed by atoms with E-state index in [4.69, 9.17) is 27.0 Å². The van der Waals surface area contributed by atoms with Gasteiger partial charge in [-0.05, 0) is 48.9 Å². The lowest BCUT2D eigenvalue weighted by atomic mass is 10.2. The van der Waals surface area contributed by atoms with Crippen LogP contribution in [0.4, 0.5) is 0 Å². The number of aryl methyl sites for hydroxylation is 1. The summed E-state index contributed by atoms with van der Waals surface area (Å²) in [6.45, 7) is 1.65. The van der Waals surface area contributed by atoms with Gasteiger partial charge in [0.25, 0.3) is 9.05 Å². The maximum absolute atomic E-state index is 11.3. The highest BCUT2D eigenvalue weighted by Crippen LogP contribution is 2.28. The van der Waals surface area contributed by atoms with E-state index in [2.05, 4.69) is 0 Å². The molecule has 0 aliphatic heterocycles. The molecule has 0 aliphatic carbocycles. The van der Waals surface area contributed by atoms with E-state index in [0.29, 0.717) is 22.1 Å². The van der Waals surface area contributed by atoms with Crippen LogP contribution in [-0.2, 0) is 9.05 Å². The van der Waals surface area contributed by atoms with Crippen LogP contribution in [0.2, 0.25) is 5.02 Å². The third-order valence-electron chi connectivity index (χ3n) is 2.44. The van der Waals surface area contributed by atoms with Crippen molar-refractivity contribution < 1.29 is 13.2 Å². The third-order valence-corrected chi connectivity index (χ3v) is 4.16. The van der Waals surface area contributed by atoms with Gasteiger partial charge in [0.15, 0.2) is 0 Å². The summed E-state index contributed by atoms with van der Waals surface area (Å²) >= 11 is 5.85. The van der Waals surface area contributed by atoms with Crippen molar-refractivity contribution in [1.29, 1.82) is 0 Å². The zero-order chi connectivity index (χ0) is 14.0. The first-order valence-corrected chi connectivity index (χ1v) is 8.04. The molecular weight excluding hydrogens is 307 g/mol. The molecular formula is C13H10Cl2O3S. The summed E-state index contributed by atoms with van der Waals surface area (Å²) in [5.41, 5.74) is 0.523. The van der Waals surface area contributed by atoms with Gasteiger partial charge in [0.2, 0.25) is 0 Å². The lowest BCUT2D eigenvalue weighted by Crippen LogP contribution is -1.95. The first kappa shape index (κ1) is 14.2. The quantitative estimate of drug-likeness (QED) is 0.790. The van der Waals surface area contributed by atoms with Crippen LogP contribution in [-0.4, -0.2) is 8.42 Å². The average Bonchev–Trinajstić information content (AvgIpc) is 2.27. The highest BCUT2D eigenvalue weighted by molar-refractivity contribution is 8.13. The van der Waals surface area contributed by atoms with Crippen molar-refractivity contribution in [2.24, 2.45) is 0 Å². The summed E-state index contributed by atoms with van der Waals surface area (Å²) in [4.78, 5) is 0.0765. The molecule has 100 valence electrons. The summed E-state index contributed by atoms with van der Waals surface area (Å²) in [7, 11) is 1.58. The molecule has 0 spiro atoms. The Labute approximate surface area is 121 Å². The van der Waals surface area contributed by atoms with E-state index >= 15 is 0 Å². The predicted molar refractivity (Wildman–Crippen MR) is 75.7 cm³/mol. The molecule has 0 N–H and O–H groups in total. The van der Waals surface area contributed by atoms with E-state index in [1.165, 1.54) is 6.07 Å². The van der Waals surface area contributed by atoms with Crippen molar-refractivity contribution in [1.82, 2.24) is 0 Å². The Morgan fingerprint density at radius 3 is 2.32 bits per heavy atom. The van der Waals surface area contributed by atoms with Crippen molar-refractivity contribution in [2.75, 3.05) is 0 Å². The van der Waals surface area contributed by atoms with Crippen LogP contribution < -0.4 is 4.74 Å². The van der Waals surface area contributed by atoms with Crippen LogP contribution in [0.25, 0.3) is 0 Å². The molecule has 19 heavy (non-hydrogen) atoms. The van der Waals surface area contributed by atoms with Crippen molar-refractivity contribution in [3.05, 3.63) is 53.1 Å². The fraction of sp³-hybridized carbons (Fsp3) is 0.0769. The number of halogens is 2. The molecule has 2 rings (SSSR count). The third kappa shape index (κ3) is 3.62. The minimum atomic E-state index is -3.73. The molecule has 0 bridgehead atoms. The molecule has 6 heteroatoms. The lowest BCUT2D eigenvalue weighted by Gasteiger charge is -2.08. The normalized spacial score (nSPS) is 11.3. The highest BCUT2D eigenvalue weighted by atomic mass is 35.7. The molecule has 3 nitrogen and oxygen atoms in total. The van der Waals surface area contributed by atoms with Gasteiger partial charge in [-0.25, -0.2) is 8.42 Å². The summed E-state index contributed by atoms with van der Waals surface area (Å²) < 4.78 is 28.1. The monoisotopic (exact) mass is 316 g/mol. The molecule has 0 aliphatic rings. The van der Waals surface area contributed by atoms with Crippen molar-refractivity contribution in [2.45, 2.75) is 11.8 Å². The van der Waals surface area contributed by atoms with Crippen LogP contribution in [0.1, 0.15) is 5.56 Å². The van der Waals surface area contributed by atoms with Crippen molar-refractivity contribution >= 4 is 31.3 Å². The van der Waals surface area contributed by atoms with E-state index in [1.54, 1.807) is 43.3 Å². The number of rotatable bonds is 3. The predicted octanol–water partition coefficient (Wildman–Crippen LogP) is 4.37. The Balaban J connectivity index is 2.31. The van der Waals surface area contributed by atoms with Gasteiger partial charge in [-0.1, -0.05) is 17.7 Å². The van der Waals surface area contributed by atoms with E-state index in [1.807, 2.05) is 0 Å². The summed E-state index contributed by atoms with van der Waals surface area (Å²) in [6.07, 6.45) is 0. The smallest absolute Gasteiger partial charge is 0.261 e. The molecule has 0 saturated heterocycles. The standard InChI is InChI=1S/C13H10Cl2O3S/c1-9-7-12(5-6-13(9)19(15,16)17)18-11-4-2-3-10(14)8-11/h2-8H,1H3. The van der Waals surface area contributed by atoms with Crippen LogP contribution >= 0.6 is 22.3 Å². The Morgan fingerprint density at radius 2 is 1.74 bits per heavy atom. The molecule has 0 atom stereocenters. The molecule has 0 unspecified atom stereocenters. The van der Waals surface area contributed by atoms with Crippen LogP contribution in [0.5, 0.6) is 11.5 Å². The minimum Gasteiger partial charge on any atom is -0.457 e. The number of hydrogen-bond donors (Lipinski definition) is 0. The van der Waals surface area contributed by atoms with Gasteiger partial charge in [0.05, 0.1) is 4.90 Å². The van der Waals surface area contributed by atoms with E-state index in [0.717, 1.165) is 0 Å². The second-order valence-corrected chi connectivity index (χ2v) is 6.90. The Hall–Kier alpha value is -1.23. The fourth-order valence-electron chi connectivity index (χ4n) is 1.63. The Bertz CT molecular complexity index is 712. The molecule has 2 aromatic rings. The van der Waals surface area contributed by atoms with Crippen LogP contribution in [0, 0.1) is 6.92 Å². The molecule has 0 amide bonds. The Morgan fingerprint density at radius 1 is 1.05 bits per heavy atom. The van der Waals surface area contributed by atoms with Crippen molar-refractivity contribution in [3.8, 4) is 11.5 Å². The fourth-order valence-corrected chi connectivity index (χ4v) is 3.00. The number of benzene rings is 2. The first-order valence-electron chi connectivity index (χ1n) is 5.35. The number of ether oxygens (including phenoxy) is 1. The molecule has 0 radical (unpaired) electrons. The summed E-state index contributed by atoms with van der Waals surface area (Å²) in [5.74, 6) is 1.09. The van der Waals surface area contributed by atoms with Crippen LogP contribution in [0.3, 0.4) is 0 Å². The van der Waals surface area contributed by atoms with Gasteiger partial charge < -0.3 is 4.74 Å². The molecule has 0 fully saturated rings. The van der Waals surface area contributed by atoms with Crippen molar-refractivity contribution in [3.63, 3.8) is 0 Å². The van der Waals surface area contributed by atoms with Gasteiger partial charge in [-0.2, -0.15) is 0 Å². The molecule has 0 aromatic heterocycles. The molecule has 0 heterocycles. The highest BCUT2D eigenvalue weighted by Gasteiger charge is 2.13. The lowest BCUT2D eigenvalue weighted by molar-refractivity contribution is 0.481. The van der Waals surface area contributed by atoms with E-state index < -0.39 is 9.05 Å². The van der Waals surface area contributed by atoms with Crippen LogP contribution in [0.15, 0.2) is 47.4 Å². The second kappa shape index (κ2) is 5.41. The van der Waals surface area contributed by atoms with Gasteiger partial charge in [0.1, 0.15) is 11.5 Å². The van der Waals surface area contributed by atoms with Gasteiger partial charge in [-0.15, -0.1) is 0 Å². The van der Waals surface area contributed by atoms with E-state index in [-0.39, 0.29) is 4.90 Å². The maximum Gasteiger partial charge on any atom is 0.261 e. The SMILES string of the molecule is Cc1cc(Oc2cccc(Cl)c2)ccc1S(=O)(=O)Cl. The molecule has 2 aromatic carbocycles. The zero-order valence-corrected chi connectivity index (χ0v) is 12.3. The molecule has 0 saturated carbocycles. The van der Waals surface area contributed by atoms with Gasteiger partial charge in [-0.3, -0.25) is 0 Å². The first-order chi connectivity index (χ1) is 8.86. The number of hydrogen-bond acceptors (Lipinski definition) is 3. The topological polar surface area (TPSA) is 43.4 Å². The van der Waals surface area contributed by atoms with Gasteiger partial charge >= 0.3 is 0 Å². The Kier molecular flexibility index (Phi) is 4.04. The summed E-state index contributed by atoms with van der Waals surface area (Å²) in [5, 5.41) is 0.564. The second-order valence-electron chi connectivity index (χ2n) is 3.92. The zero-order valence-electron chi connectivity index (χ0n) is 9.93. The minimum absolute atomic E-state index is 0.0765.